The van der Waals surface area contributed by atoms with Crippen molar-refractivity contribution in [2.24, 2.45) is 0 Å². The molecule has 2 amide bonds. The first kappa shape index (κ1) is 25.5. The van der Waals surface area contributed by atoms with E-state index in [1.807, 2.05) is 0 Å². The number of rotatable bonds is 9. The van der Waals surface area contributed by atoms with Crippen LogP contribution in [0.2, 0.25) is 5.02 Å². The quantitative estimate of drug-likeness (QED) is 0.589. The van der Waals surface area contributed by atoms with Gasteiger partial charge in [-0.3, -0.25) is 13.9 Å². The van der Waals surface area contributed by atoms with Gasteiger partial charge in [0.2, 0.25) is 21.8 Å². The minimum absolute atomic E-state index is 0.0208. The van der Waals surface area contributed by atoms with Gasteiger partial charge >= 0.3 is 0 Å². The molecule has 0 radical (unpaired) electrons. The molecule has 174 valence electrons. The summed E-state index contributed by atoms with van der Waals surface area (Å²) in [7, 11) is -4.04. The Hall–Kier alpha value is -2.72. The van der Waals surface area contributed by atoms with Gasteiger partial charge in [-0.1, -0.05) is 23.7 Å². The third kappa shape index (κ3) is 6.64. The van der Waals surface area contributed by atoms with Crippen LogP contribution in [0.15, 0.2) is 42.5 Å². The van der Waals surface area contributed by atoms with Crippen molar-refractivity contribution < 1.29 is 26.8 Å². The molecule has 0 aliphatic rings. The smallest absolute Gasteiger partial charge is 0.244 e. The predicted molar refractivity (Wildman–Crippen MR) is 119 cm³/mol. The predicted octanol–water partition coefficient (Wildman–Crippen LogP) is 2.94. The van der Waals surface area contributed by atoms with Crippen LogP contribution in [0, 0.1) is 11.6 Å². The zero-order chi connectivity index (χ0) is 24.1. The molecule has 0 aliphatic heterocycles. The van der Waals surface area contributed by atoms with Crippen molar-refractivity contribution in [2.75, 3.05) is 23.7 Å². The lowest BCUT2D eigenvalue weighted by molar-refractivity contribution is -0.139. The van der Waals surface area contributed by atoms with Crippen LogP contribution in [0.1, 0.15) is 19.4 Å². The highest BCUT2D eigenvalue weighted by atomic mass is 35.5. The van der Waals surface area contributed by atoms with Gasteiger partial charge in [0, 0.05) is 24.2 Å². The molecular formula is C21H24ClF2N3O4S. The van der Waals surface area contributed by atoms with E-state index in [9.17, 15) is 26.8 Å². The van der Waals surface area contributed by atoms with Crippen LogP contribution in [0.3, 0.4) is 0 Å². The molecule has 0 fully saturated rings. The number of carbonyl (C=O) groups excluding carboxylic acids is 2. The fourth-order valence-electron chi connectivity index (χ4n) is 2.99. The Bertz CT molecular complexity index is 1100. The summed E-state index contributed by atoms with van der Waals surface area (Å²) in [5.41, 5.74) is 0.411. The van der Waals surface area contributed by atoms with E-state index in [-0.39, 0.29) is 12.2 Å². The highest BCUT2D eigenvalue weighted by molar-refractivity contribution is 7.92. The number of amides is 2. The molecule has 0 aliphatic carbocycles. The maximum Gasteiger partial charge on any atom is 0.244 e. The van der Waals surface area contributed by atoms with Crippen LogP contribution in [-0.2, 0) is 26.2 Å². The molecule has 0 saturated carbocycles. The molecular weight excluding hydrogens is 464 g/mol. The van der Waals surface area contributed by atoms with Crippen LogP contribution in [-0.4, -0.2) is 50.5 Å². The second kappa shape index (κ2) is 10.7. The van der Waals surface area contributed by atoms with Gasteiger partial charge in [0.1, 0.15) is 12.6 Å². The highest BCUT2D eigenvalue weighted by Gasteiger charge is 2.30. The molecule has 0 unspecified atom stereocenters. The van der Waals surface area contributed by atoms with Crippen LogP contribution in [0.4, 0.5) is 14.5 Å². The minimum atomic E-state index is -4.04. The van der Waals surface area contributed by atoms with E-state index in [4.69, 9.17) is 11.6 Å². The molecule has 0 heterocycles. The number of sulfonamides is 1. The maximum absolute atomic E-state index is 13.7. The van der Waals surface area contributed by atoms with Crippen molar-refractivity contribution >= 4 is 39.1 Å². The molecule has 32 heavy (non-hydrogen) atoms. The lowest BCUT2D eigenvalue weighted by atomic mass is 10.1. The number of halogens is 3. The summed E-state index contributed by atoms with van der Waals surface area (Å²) >= 11 is 6.02. The second-order valence-corrected chi connectivity index (χ2v) is 9.43. The summed E-state index contributed by atoms with van der Waals surface area (Å²) in [5.74, 6) is -3.54. The Morgan fingerprint density at radius 3 is 2.38 bits per heavy atom. The Morgan fingerprint density at radius 2 is 1.81 bits per heavy atom. The number of anilines is 1. The van der Waals surface area contributed by atoms with Crippen LogP contribution >= 0.6 is 11.6 Å². The first-order chi connectivity index (χ1) is 14.9. The van der Waals surface area contributed by atoms with E-state index < -0.39 is 46.1 Å². The van der Waals surface area contributed by atoms with Gasteiger partial charge < -0.3 is 10.2 Å². The van der Waals surface area contributed by atoms with Crippen molar-refractivity contribution in [1.82, 2.24) is 10.2 Å². The number of carbonyl (C=O) groups is 2. The Kier molecular flexibility index (Phi) is 8.57. The van der Waals surface area contributed by atoms with Gasteiger partial charge in [-0.25, -0.2) is 17.2 Å². The van der Waals surface area contributed by atoms with Gasteiger partial charge in [-0.15, -0.1) is 0 Å². The second-order valence-electron chi connectivity index (χ2n) is 7.09. The number of nitrogens with one attached hydrogen (secondary N) is 1. The van der Waals surface area contributed by atoms with E-state index in [2.05, 4.69) is 5.32 Å². The molecule has 2 rings (SSSR count). The first-order valence-corrected chi connectivity index (χ1v) is 11.9. The number of nitrogens with zero attached hydrogens (tertiary/aromatic N) is 2. The zero-order valence-electron chi connectivity index (χ0n) is 17.8. The average Bonchev–Trinajstić information content (AvgIpc) is 2.71. The molecule has 1 N–H and O–H groups in total. The lowest BCUT2D eigenvalue weighted by Gasteiger charge is -2.31. The summed E-state index contributed by atoms with van der Waals surface area (Å²) < 4.78 is 52.4. The standard InChI is InChI=1S/C21H24ClF2N3O4S/c1-4-25-21(29)14(2)26(12-15-6-5-7-16(22)10-15)20(28)13-27(32(3,30)31)17-8-9-18(23)19(24)11-17/h5-11,14H,4,12-13H2,1-3H3,(H,25,29)/t14-/m0/s1. The van der Waals surface area contributed by atoms with E-state index in [1.165, 1.54) is 11.8 Å². The molecule has 0 aromatic heterocycles. The van der Waals surface area contributed by atoms with Gasteiger partial charge in [-0.2, -0.15) is 0 Å². The van der Waals surface area contributed by atoms with Crippen molar-refractivity contribution in [3.8, 4) is 0 Å². The SMILES string of the molecule is CCNC(=O)[C@H](C)N(Cc1cccc(Cl)c1)C(=O)CN(c1ccc(F)c(F)c1)S(C)(=O)=O. The van der Waals surface area contributed by atoms with Crippen molar-refractivity contribution in [1.29, 1.82) is 0 Å². The summed E-state index contributed by atoms with van der Waals surface area (Å²) in [6, 6.07) is 8.25. The largest absolute Gasteiger partial charge is 0.355 e. The molecule has 11 heteroatoms. The van der Waals surface area contributed by atoms with Crippen molar-refractivity contribution in [2.45, 2.75) is 26.4 Å². The fraction of sp³-hybridized carbons (Fsp3) is 0.333. The van der Waals surface area contributed by atoms with Gasteiger partial charge in [0.05, 0.1) is 11.9 Å². The number of hydrogen-bond donors (Lipinski definition) is 1. The minimum Gasteiger partial charge on any atom is -0.355 e. The molecule has 1 atom stereocenters. The third-order valence-electron chi connectivity index (χ3n) is 4.63. The molecule has 2 aromatic carbocycles. The van der Waals surface area contributed by atoms with Crippen molar-refractivity contribution in [3.63, 3.8) is 0 Å². The van der Waals surface area contributed by atoms with E-state index in [1.54, 1.807) is 31.2 Å². The summed E-state index contributed by atoms with van der Waals surface area (Å²) in [6.07, 6.45) is 0.843. The van der Waals surface area contributed by atoms with Crippen LogP contribution < -0.4 is 9.62 Å². The van der Waals surface area contributed by atoms with E-state index >= 15 is 0 Å². The van der Waals surface area contributed by atoms with Gasteiger partial charge in [0.15, 0.2) is 11.6 Å². The Balaban J connectivity index is 2.40. The topological polar surface area (TPSA) is 86.8 Å². The van der Waals surface area contributed by atoms with Crippen LogP contribution in [0.5, 0.6) is 0 Å². The normalized spacial score (nSPS) is 12.2. The van der Waals surface area contributed by atoms with E-state index in [0.29, 0.717) is 27.5 Å². The number of benzene rings is 2. The Morgan fingerprint density at radius 1 is 1.12 bits per heavy atom. The number of likely N-dealkylation sites (N-methyl/N-ethyl adjacent to an activating group) is 1. The third-order valence-corrected chi connectivity index (χ3v) is 6.01. The molecule has 0 spiro atoms. The summed E-state index contributed by atoms with van der Waals surface area (Å²) in [4.78, 5) is 26.8. The maximum atomic E-state index is 13.7. The molecule has 0 bridgehead atoms. The lowest BCUT2D eigenvalue weighted by Crippen LogP contribution is -2.51. The number of hydrogen-bond acceptors (Lipinski definition) is 4. The molecule has 2 aromatic rings. The highest BCUT2D eigenvalue weighted by Crippen LogP contribution is 2.22. The monoisotopic (exact) mass is 487 g/mol. The summed E-state index contributed by atoms with van der Waals surface area (Å²) in [6.45, 7) is 2.84. The zero-order valence-corrected chi connectivity index (χ0v) is 19.4. The van der Waals surface area contributed by atoms with Crippen molar-refractivity contribution in [3.05, 3.63) is 64.7 Å². The molecule has 0 saturated heterocycles. The molecule has 7 nitrogen and oxygen atoms in total. The van der Waals surface area contributed by atoms with Crippen LogP contribution in [0.25, 0.3) is 0 Å². The van der Waals surface area contributed by atoms with E-state index in [0.717, 1.165) is 18.4 Å². The summed E-state index contributed by atoms with van der Waals surface area (Å²) in [5, 5.41) is 3.06. The van der Waals surface area contributed by atoms with Gasteiger partial charge in [0.25, 0.3) is 0 Å². The first-order valence-electron chi connectivity index (χ1n) is 9.68. The van der Waals surface area contributed by atoms with Gasteiger partial charge in [-0.05, 0) is 43.7 Å². The Labute approximate surface area is 191 Å². The average molecular weight is 488 g/mol. The fourth-order valence-corrected chi connectivity index (χ4v) is 4.04.